The highest BCUT2D eigenvalue weighted by Gasteiger charge is 1.78. The molecule has 0 aliphatic rings. The molecular formula is C11H27N2O11S3-3. The molecule has 0 aromatic carbocycles. The summed E-state index contributed by atoms with van der Waals surface area (Å²) < 4.78 is 64.2. The second-order valence-electron chi connectivity index (χ2n) is 3.44. The van der Waals surface area contributed by atoms with Crippen molar-refractivity contribution in [3.05, 3.63) is 0 Å². The lowest BCUT2D eigenvalue weighted by Crippen LogP contribution is -2.13. The number of amides is 1. The molecule has 0 aromatic heterocycles. The van der Waals surface area contributed by atoms with Crippen LogP contribution in [-0.2, 0) is 57.0 Å². The molecule has 0 bridgehead atoms. The summed E-state index contributed by atoms with van der Waals surface area (Å²) in [6, 6.07) is 0. The van der Waals surface area contributed by atoms with Gasteiger partial charge in [-0.3, -0.25) is 18.0 Å². The Kier molecular flexibility index (Phi) is 59.7. The van der Waals surface area contributed by atoms with Crippen LogP contribution in [0, 0.1) is 0 Å². The Labute approximate surface area is 167 Å². The second-order valence-corrected chi connectivity index (χ2v) is 6.15. The molecule has 0 saturated heterocycles. The molecular weight excluding hydrogens is 432 g/mol. The maximum Gasteiger partial charge on any atom is 0.292 e. The van der Waals surface area contributed by atoms with Crippen molar-refractivity contribution in [1.29, 1.82) is 0 Å². The van der Waals surface area contributed by atoms with E-state index in [4.69, 9.17) is 27.1 Å². The number of rotatable bonds is 4. The molecule has 0 N–H and O–H groups in total. The van der Waals surface area contributed by atoms with Gasteiger partial charge in [0.05, 0.1) is 25.6 Å². The van der Waals surface area contributed by atoms with E-state index in [1.54, 1.807) is 14.1 Å². The largest absolute Gasteiger partial charge is 0.773 e. The molecule has 1 amide bonds. The van der Waals surface area contributed by atoms with Crippen LogP contribution in [0.2, 0.25) is 0 Å². The highest BCUT2D eigenvalue weighted by molar-refractivity contribution is 7.78. The molecule has 168 valence electrons. The topological polar surface area (TPSA) is 197 Å². The molecule has 0 aliphatic heterocycles. The fraction of sp³-hybridized carbons (Fsp3) is 0.727. The lowest BCUT2D eigenvalue weighted by molar-refractivity contribution is -0.126. The van der Waals surface area contributed by atoms with Crippen molar-refractivity contribution >= 4 is 52.9 Å². The zero-order chi connectivity index (χ0) is 23.4. The predicted octanol–water partition coefficient (Wildman–Crippen LogP) is -2.04. The summed E-state index contributed by atoms with van der Waals surface area (Å²) in [6.07, 6.45) is 2.58. The lowest BCUT2D eigenvalue weighted by Gasteiger charge is -2.10. The van der Waals surface area contributed by atoms with Gasteiger partial charge in [-0.05, 0) is 27.3 Å². The van der Waals surface area contributed by atoms with Gasteiger partial charge >= 0.3 is 0 Å². The number of methoxy groups -OCH3 is 1. The Balaban J connectivity index is -0.0000000497. The summed E-state index contributed by atoms with van der Waals surface area (Å²) in [5, 5.41) is 0. The Bertz CT molecular complexity index is 379. The van der Waals surface area contributed by atoms with Crippen molar-refractivity contribution in [3.63, 3.8) is 0 Å². The first-order valence-corrected chi connectivity index (χ1v) is 9.66. The van der Waals surface area contributed by atoms with Crippen molar-refractivity contribution in [2.24, 2.45) is 0 Å². The Morgan fingerprint density at radius 3 is 1.04 bits per heavy atom. The molecule has 16 heteroatoms. The minimum absolute atomic E-state index is 0.375. The van der Waals surface area contributed by atoms with Crippen molar-refractivity contribution in [2.45, 2.75) is 6.92 Å². The van der Waals surface area contributed by atoms with E-state index in [9.17, 15) is 13.6 Å². The quantitative estimate of drug-likeness (QED) is 0.331. The minimum Gasteiger partial charge on any atom is -0.773 e. The fourth-order valence-corrected chi connectivity index (χ4v) is 0. The van der Waals surface area contributed by atoms with Crippen LogP contribution in [0.1, 0.15) is 6.92 Å². The van der Waals surface area contributed by atoms with Gasteiger partial charge < -0.3 is 32.3 Å². The van der Waals surface area contributed by atoms with Gasteiger partial charge in [-0.2, -0.15) is 0 Å². The maximum atomic E-state index is 9.62. The van der Waals surface area contributed by atoms with Crippen LogP contribution in [-0.4, -0.2) is 103 Å². The molecule has 3 unspecified atom stereocenters. The Morgan fingerprint density at radius 2 is 1.04 bits per heavy atom. The molecule has 0 aliphatic carbocycles. The van der Waals surface area contributed by atoms with E-state index in [0.717, 1.165) is 30.4 Å². The maximum absolute atomic E-state index is 9.62. The number of aldehydes is 1. The van der Waals surface area contributed by atoms with Crippen molar-refractivity contribution in [1.82, 2.24) is 9.21 Å². The molecule has 0 spiro atoms. The predicted molar refractivity (Wildman–Crippen MR) is 97.9 cm³/mol. The average molecular weight is 460 g/mol. The van der Waals surface area contributed by atoms with Gasteiger partial charge in [0.15, 0.2) is 0 Å². The number of carbonyl (C=O) groups excluding carboxylic acids is 3. The normalized spacial score (nSPS) is 11.0. The third kappa shape index (κ3) is 210. The number of carbonyl (C=O) groups is 3. The van der Waals surface area contributed by atoms with E-state index in [0.29, 0.717) is 6.47 Å². The van der Waals surface area contributed by atoms with Crippen LogP contribution in [0.5, 0.6) is 0 Å². The zero-order valence-electron chi connectivity index (χ0n) is 16.3. The third-order valence-corrected chi connectivity index (χ3v) is 1.61. The highest BCUT2D eigenvalue weighted by atomic mass is 32.2. The first kappa shape index (κ1) is 40.5. The number of hydrogen-bond acceptors (Lipinski definition) is 11. The van der Waals surface area contributed by atoms with Crippen molar-refractivity contribution in [3.8, 4) is 0 Å². The van der Waals surface area contributed by atoms with Gasteiger partial charge in [0, 0.05) is 25.4 Å². The summed E-state index contributed by atoms with van der Waals surface area (Å²) in [4.78, 5) is 28.6. The minimum atomic E-state index is -2.32. The summed E-state index contributed by atoms with van der Waals surface area (Å²) in [6.45, 7) is 1.82. The van der Waals surface area contributed by atoms with Gasteiger partial charge in [-0.15, -0.1) is 0 Å². The molecule has 27 heavy (non-hydrogen) atoms. The Hall–Kier alpha value is -1.14. The van der Waals surface area contributed by atoms with Crippen LogP contribution in [0.15, 0.2) is 0 Å². The van der Waals surface area contributed by atoms with E-state index in [-0.39, 0.29) is 0 Å². The number of hydrogen-bond donors (Lipinski definition) is 0. The van der Waals surface area contributed by atoms with Gasteiger partial charge in [-0.1, -0.05) is 11.1 Å². The first-order valence-electron chi connectivity index (χ1n) is 6.14. The van der Waals surface area contributed by atoms with Crippen LogP contribution in [0.3, 0.4) is 0 Å². The second kappa shape index (κ2) is 39.8. The molecule has 13 nitrogen and oxygen atoms in total. The molecule has 0 fully saturated rings. The molecule has 3 atom stereocenters. The smallest absolute Gasteiger partial charge is 0.292 e. The van der Waals surface area contributed by atoms with E-state index in [1.165, 1.54) is 33.0 Å². The standard InChI is InChI=1S/C3H7NO.C2H7NO2S.C2H4O2.C2H4O.CH4O3S.CH4O2S/c1-4(2)3-5;1-3(2)6(4)5;1-4-2-3;1-2-3;1-4-5(2)3;1-4(2)3/h3H,1-2H3;1-2H3,(H,4,5);2H,1H3;2H,1H3;1H3,(H,2,3);1H3,(H,2,3)/p-3. The van der Waals surface area contributed by atoms with Gasteiger partial charge in [-0.25, -0.2) is 8.51 Å². The molecule has 0 heterocycles. The number of nitrogens with zero attached hydrogens (tertiary/aromatic N) is 2. The summed E-state index contributed by atoms with van der Waals surface area (Å²) in [5.41, 5.74) is 0. The van der Waals surface area contributed by atoms with Crippen molar-refractivity contribution in [2.75, 3.05) is 48.7 Å². The van der Waals surface area contributed by atoms with Gasteiger partial charge in [0.1, 0.15) is 6.29 Å². The van der Waals surface area contributed by atoms with Gasteiger partial charge in [0.25, 0.3) is 6.47 Å². The van der Waals surface area contributed by atoms with E-state index in [1.807, 2.05) is 0 Å². The van der Waals surface area contributed by atoms with Gasteiger partial charge in [0.2, 0.25) is 6.41 Å². The molecule has 0 aromatic rings. The van der Waals surface area contributed by atoms with E-state index < -0.39 is 33.7 Å². The van der Waals surface area contributed by atoms with E-state index >= 15 is 0 Å². The molecule has 0 rings (SSSR count). The monoisotopic (exact) mass is 459 g/mol. The molecule has 0 radical (unpaired) electrons. The summed E-state index contributed by atoms with van der Waals surface area (Å²) in [5.74, 6) is 0. The van der Waals surface area contributed by atoms with Crippen molar-refractivity contribution < 1.29 is 49.6 Å². The zero-order valence-corrected chi connectivity index (χ0v) is 18.8. The van der Waals surface area contributed by atoms with Crippen LogP contribution < -0.4 is 0 Å². The third-order valence-electron chi connectivity index (χ3n) is 0.741. The van der Waals surface area contributed by atoms with E-state index in [2.05, 4.69) is 8.92 Å². The van der Waals surface area contributed by atoms with Crippen LogP contribution in [0.25, 0.3) is 0 Å². The van der Waals surface area contributed by atoms with Crippen LogP contribution >= 0.6 is 0 Å². The highest BCUT2D eigenvalue weighted by Crippen LogP contribution is 1.73. The lowest BCUT2D eigenvalue weighted by atomic mass is 11.0. The molecule has 0 saturated carbocycles. The van der Waals surface area contributed by atoms with Crippen LogP contribution in [0.4, 0.5) is 0 Å². The number of ether oxygens (including phenoxy) is 1. The summed E-state index contributed by atoms with van der Waals surface area (Å²) >= 11 is -6.22. The summed E-state index contributed by atoms with van der Waals surface area (Å²) in [7, 11) is 8.70. The SMILES string of the molecule is CC=O.CN(C)C=O.CN(C)S(=O)[O-].COC=O.COS(=O)[O-].CS(=O)[O-]. The first-order chi connectivity index (χ1) is 12.2. The fourth-order valence-electron chi connectivity index (χ4n) is 0. The Morgan fingerprint density at radius 1 is 0.889 bits per heavy atom. The average Bonchev–Trinajstić information content (AvgIpc) is 2.56.